The molecule has 2 aliphatic rings. The standard InChI is InChI=1S/C21H26F3N5O3/c1-11-2-4-12(5-3-11)17(25)14-10-29-16(26-14)7-6-13(28-29)8-20(19(31)32)9-15(21(22,23)24)27-18(20)30/h6-7,10-12,15,17H,2-5,8-9,25H2,1H3,(H,27,30)(H,31,32)/t11?,12?,15-,17-,20+/m0/s1. The SMILES string of the molecule is CC1CCC([C@H](N)c2cn3nc(C[C@@]4(C(=O)O)C[C@@H](C(F)(F)F)NC4=O)ccc3n2)CC1. The molecular weight excluding hydrogens is 427 g/mol. The van der Waals surface area contributed by atoms with Gasteiger partial charge < -0.3 is 16.2 Å². The van der Waals surface area contributed by atoms with E-state index in [1.807, 2.05) is 0 Å². The molecule has 0 unspecified atom stereocenters. The van der Waals surface area contributed by atoms with Gasteiger partial charge in [-0.25, -0.2) is 9.50 Å². The van der Waals surface area contributed by atoms with Crippen LogP contribution in [0.25, 0.3) is 5.65 Å². The molecule has 1 saturated carbocycles. The lowest BCUT2D eigenvalue weighted by Crippen LogP contribution is -2.41. The van der Waals surface area contributed by atoms with Gasteiger partial charge in [-0.15, -0.1) is 0 Å². The van der Waals surface area contributed by atoms with Crippen molar-refractivity contribution in [2.75, 3.05) is 0 Å². The largest absolute Gasteiger partial charge is 0.480 e. The van der Waals surface area contributed by atoms with Crippen LogP contribution in [0.2, 0.25) is 0 Å². The number of aliphatic carboxylic acids is 1. The summed E-state index contributed by atoms with van der Waals surface area (Å²) < 4.78 is 40.7. The molecule has 0 radical (unpaired) electrons. The average Bonchev–Trinajstić information content (AvgIpc) is 3.29. The van der Waals surface area contributed by atoms with Crippen molar-refractivity contribution < 1.29 is 27.9 Å². The minimum atomic E-state index is -4.73. The summed E-state index contributed by atoms with van der Waals surface area (Å²) >= 11 is 0. The zero-order chi connectivity index (χ0) is 23.3. The first kappa shape index (κ1) is 22.5. The third-order valence-electron chi connectivity index (χ3n) is 6.88. The minimum Gasteiger partial charge on any atom is -0.480 e. The molecule has 174 valence electrons. The Hall–Kier alpha value is -2.69. The normalized spacial score (nSPS) is 29.8. The number of carbonyl (C=O) groups is 2. The summed E-state index contributed by atoms with van der Waals surface area (Å²) in [6.45, 7) is 2.23. The summed E-state index contributed by atoms with van der Waals surface area (Å²) in [5, 5.41) is 15.7. The van der Waals surface area contributed by atoms with Crippen molar-refractivity contribution in [3.8, 4) is 0 Å². The van der Waals surface area contributed by atoms with Crippen LogP contribution >= 0.6 is 0 Å². The number of amides is 1. The lowest BCUT2D eigenvalue weighted by molar-refractivity contribution is -0.158. The Balaban J connectivity index is 1.57. The highest BCUT2D eigenvalue weighted by Crippen LogP contribution is 2.40. The maximum Gasteiger partial charge on any atom is 0.408 e. The Morgan fingerprint density at radius 3 is 2.62 bits per heavy atom. The molecule has 3 heterocycles. The van der Waals surface area contributed by atoms with Crippen molar-refractivity contribution in [3.05, 3.63) is 29.7 Å². The smallest absolute Gasteiger partial charge is 0.408 e. The second-order valence-electron chi connectivity index (χ2n) is 9.17. The quantitative estimate of drug-likeness (QED) is 0.598. The first-order chi connectivity index (χ1) is 15.0. The summed E-state index contributed by atoms with van der Waals surface area (Å²) in [4.78, 5) is 28.7. The van der Waals surface area contributed by atoms with Crippen LogP contribution in [0, 0.1) is 17.3 Å². The van der Waals surface area contributed by atoms with Crippen molar-refractivity contribution in [1.82, 2.24) is 19.9 Å². The predicted molar refractivity (Wildman–Crippen MR) is 107 cm³/mol. The van der Waals surface area contributed by atoms with E-state index >= 15 is 0 Å². The van der Waals surface area contributed by atoms with E-state index in [0.717, 1.165) is 25.7 Å². The monoisotopic (exact) mass is 453 g/mol. The number of carbonyl (C=O) groups excluding carboxylic acids is 1. The molecule has 4 N–H and O–H groups in total. The van der Waals surface area contributed by atoms with Crippen molar-refractivity contribution in [2.24, 2.45) is 23.0 Å². The van der Waals surface area contributed by atoms with Gasteiger partial charge >= 0.3 is 12.1 Å². The van der Waals surface area contributed by atoms with Gasteiger partial charge in [0, 0.05) is 12.8 Å². The highest BCUT2D eigenvalue weighted by Gasteiger charge is 2.59. The Labute approximate surface area is 182 Å². The molecule has 2 fully saturated rings. The number of fused-ring (bicyclic) bond motifs is 1. The summed E-state index contributed by atoms with van der Waals surface area (Å²) in [7, 11) is 0. The van der Waals surface area contributed by atoms with Crippen LogP contribution in [0.4, 0.5) is 13.2 Å². The van der Waals surface area contributed by atoms with Gasteiger partial charge in [-0.05, 0) is 36.8 Å². The van der Waals surface area contributed by atoms with Gasteiger partial charge in [0.25, 0.3) is 0 Å². The summed E-state index contributed by atoms with van der Waals surface area (Å²) in [6.07, 6.45) is -0.129. The third-order valence-corrected chi connectivity index (χ3v) is 6.88. The number of aromatic nitrogens is 3. The lowest BCUT2D eigenvalue weighted by Gasteiger charge is -2.29. The molecule has 2 aromatic heterocycles. The van der Waals surface area contributed by atoms with E-state index in [2.05, 4.69) is 17.0 Å². The highest BCUT2D eigenvalue weighted by molar-refractivity contribution is 6.04. The van der Waals surface area contributed by atoms with E-state index in [9.17, 15) is 27.9 Å². The fourth-order valence-corrected chi connectivity index (χ4v) is 4.79. The van der Waals surface area contributed by atoms with E-state index in [-0.39, 0.29) is 11.7 Å². The van der Waals surface area contributed by atoms with E-state index in [4.69, 9.17) is 5.73 Å². The molecule has 3 atom stereocenters. The van der Waals surface area contributed by atoms with Crippen LogP contribution in [0.5, 0.6) is 0 Å². The van der Waals surface area contributed by atoms with Gasteiger partial charge in [0.05, 0.1) is 23.6 Å². The van der Waals surface area contributed by atoms with E-state index in [1.165, 1.54) is 10.6 Å². The molecule has 4 rings (SSSR count). The van der Waals surface area contributed by atoms with Crippen LogP contribution in [0.3, 0.4) is 0 Å². The number of nitrogens with zero attached hydrogens (tertiary/aromatic N) is 3. The predicted octanol–water partition coefficient (Wildman–Crippen LogP) is 2.62. The molecule has 32 heavy (non-hydrogen) atoms. The van der Waals surface area contributed by atoms with Gasteiger partial charge in [0.15, 0.2) is 11.1 Å². The molecule has 11 heteroatoms. The van der Waals surface area contributed by atoms with Crippen molar-refractivity contribution in [3.63, 3.8) is 0 Å². The number of carboxylic acids is 1. The molecule has 2 aromatic rings. The molecule has 0 bridgehead atoms. The number of rotatable bonds is 5. The van der Waals surface area contributed by atoms with E-state index < -0.39 is 42.4 Å². The topological polar surface area (TPSA) is 123 Å². The molecular formula is C21H26F3N5O3. The van der Waals surface area contributed by atoms with Gasteiger partial charge in [-0.2, -0.15) is 18.3 Å². The fraction of sp³-hybridized carbons (Fsp3) is 0.619. The molecule has 1 aliphatic carbocycles. The van der Waals surface area contributed by atoms with Crippen LogP contribution in [0.15, 0.2) is 18.3 Å². The first-order valence-electron chi connectivity index (χ1n) is 10.7. The Kier molecular flexibility index (Phi) is 5.64. The molecule has 0 spiro atoms. The van der Waals surface area contributed by atoms with Crippen LogP contribution in [-0.2, 0) is 16.0 Å². The minimum absolute atomic E-state index is 0.182. The summed E-state index contributed by atoms with van der Waals surface area (Å²) in [6, 6.07) is 0.626. The average molecular weight is 453 g/mol. The summed E-state index contributed by atoms with van der Waals surface area (Å²) in [5.74, 6) is -1.76. The molecule has 1 aliphatic heterocycles. The fourth-order valence-electron chi connectivity index (χ4n) is 4.79. The zero-order valence-electron chi connectivity index (χ0n) is 17.6. The maximum absolute atomic E-state index is 13.1. The van der Waals surface area contributed by atoms with Crippen LogP contribution < -0.4 is 11.1 Å². The Bertz CT molecular complexity index is 1030. The third kappa shape index (κ3) is 4.05. The van der Waals surface area contributed by atoms with Crippen molar-refractivity contribution in [2.45, 2.75) is 63.7 Å². The number of hydrogen-bond donors (Lipinski definition) is 3. The van der Waals surface area contributed by atoms with Gasteiger partial charge in [0.1, 0.15) is 6.04 Å². The number of imidazole rings is 1. The maximum atomic E-state index is 13.1. The van der Waals surface area contributed by atoms with Gasteiger partial charge in [0.2, 0.25) is 5.91 Å². The number of nitrogens with one attached hydrogen (secondary N) is 1. The van der Waals surface area contributed by atoms with Crippen molar-refractivity contribution in [1.29, 1.82) is 0 Å². The number of alkyl halides is 3. The van der Waals surface area contributed by atoms with Crippen LogP contribution in [-0.4, -0.2) is 43.8 Å². The Morgan fingerprint density at radius 1 is 1.34 bits per heavy atom. The number of carboxylic acid groups (broad SMARTS) is 1. The molecule has 1 amide bonds. The second kappa shape index (κ2) is 8.02. The number of halogens is 3. The van der Waals surface area contributed by atoms with Gasteiger partial charge in [-0.3, -0.25) is 9.59 Å². The molecule has 8 nitrogen and oxygen atoms in total. The van der Waals surface area contributed by atoms with Crippen molar-refractivity contribution >= 4 is 17.5 Å². The summed E-state index contributed by atoms with van der Waals surface area (Å²) in [5.41, 5.74) is 5.55. The van der Waals surface area contributed by atoms with E-state index in [0.29, 0.717) is 23.2 Å². The number of hydrogen-bond acceptors (Lipinski definition) is 5. The number of nitrogens with two attached hydrogens (primary N) is 1. The molecule has 1 saturated heterocycles. The lowest BCUT2D eigenvalue weighted by atomic mass is 9.79. The van der Waals surface area contributed by atoms with E-state index in [1.54, 1.807) is 17.6 Å². The second-order valence-corrected chi connectivity index (χ2v) is 9.17. The zero-order valence-corrected chi connectivity index (χ0v) is 17.6. The molecule has 0 aromatic carbocycles. The van der Waals surface area contributed by atoms with Gasteiger partial charge in [-0.1, -0.05) is 19.8 Å². The highest BCUT2D eigenvalue weighted by atomic mass is 19.4. The van der Waals surface area contributed by atoms with Crippen LogP contribution in [0.1, 0.15) is 56.5 Å². The first-order valence-corrected chi connectivity index (χ1v) is 10.7. The Morgan fingerprint density at radius 2 is 2.03 bits per heavy atom.